The summed E-state index contributed by atoms with van der Waals surface area (Å²) >= 11 is 0. The van der Waals surface area contributed by atoms with Crippen LogP contribution in [0, 0.1) is 5.82 Å². The summed E-state index contributed by atoms with van der Waals surface area (Å²) in [4.78, 5) is 24.9. The molecule has 0 saturated carbocycles. The molecule has 0 spiro atoms. The molecular formula is C18H18FNO5. The van der Waals surface area contributed by atoms with Gasteiger partial charge < -0.3 is 19.2 Å². The summed E-state index contributed by atoms with van der Waals surface area (Å²) in [6.45, 7) is 0.585. The van der Waals surface area contributed by atoms with Crippen LogP contribution in [0.1, 0.15) is 12.2 Å². The number of benzene rings is 1. The van der Waals surface area contributed by atoms with E-state index < -0.39 is 12.0 Å². The van der Waals surface area contributed by atoms with Gasteiger partial charge in [-0.05, 0) is 24.3 Å². The van der Waals surface area contributed by atoms with Gasteiger partial charge in [-0.2, -0.15) is 0 Å². The first-order valence-electron chi connectivity index (χ1n) is 8.00. The quantitative estimate of drug-likeness (QED) is 0.898. The molecule has 25 heavy (non-hydrogen) atoms. The van der Waals surface area contributed by atoms with Crippen molar-refractivity contribution in [1.82, 2.24) is 4.90 Å². The summed E-state index contributed by atoms with van der Waals surface area (Å²) in [6.07, 6.45) is 0.436. The molecule has 1 aliphatic heterocycles. The number of morpholine rings is 1. The van der Waals surface area contributed by atoms with E-state index in [4.69, 9.17) is 9.15 Å². The number of carbonyl (C=O) groups is 2. The second kappa shape index (κ2) is 7.48. The summed E-state index contributed by atoms with van der Waals surface area (Å²) < 4.78 is 24.5. The van der Waals surface area contributed by atoms with E-state index in [9.17, 15) is 19.1 Å². The summed E-state index contributed by atoms with van der Waals surface area (Å²) in [6, 6.07) is 8.69. The third kappa shape index (κ3) is 3.88. The Labute approximate surface area is 143 Å². The van der Waals surface area contributed by atoms with Gasteiger partial charge in [-0.1, -0.05) is 12.1 Å². The van der Waals surface area contributed by atoms with E-state index in [-0.39, 0.29) is 31.3 Å². The Balaban J connectivity index is 1.63. The van der Waals surface area contributed by atoms with Gasteiger partial charge in [0.15, 0.2) is 6.04 Å². The van der Waals surface area contributed by atoms with Gasteiger partial charge in [0.05, 0.1) is 18.8 Å². The fourth-order valence-electron chi connectivity index (χ4n) is 2.80. The number of hydrogen-bond donors (Lipinski definition) is 1. The normalized spacial score (nSPS) is 17.5. The van der Waals surface area contributed by atoms with Gasteiger partial charge in [0, 0.05) is 19.4 Å². The predicted molar refractivity (Wildman–Crippen MR) is 86.4 cm³/mol. The number of nitrogens with zero attached hydrogens (tertiary/aromatic N) is 1. The average Bonchev–Trinajstić information content (AvgIpc) is 3.08. The molecule has 6 nitrogen and oxygen atoms in total. The number of carboxylic acids is 1. The maximum atomic E-state index is 13.8. The largest absolute Gasteiger partial charge is 0.480 e. The first-order valence-corrected chi connectivity index (χ1v) is 8.00. The van der Waals surface area contributed by atoms with Crippen LogP contribution in [0.5, 0.6) is 0 Å². The van der Waals surface area contributed by atoms with E-state index in [1.807, 2.05) is 0 Å². The van der Waals surface area contributed by atoms with Gasteiger partial charge in [0.25, 0.3) is 0 Å². The van der Waals surface area contributed by atoms with Crippen molar-refractivity contribution in [1.29, 1.82) is 0 Å². The molecule has 1 atom stereocenters. The molecule has 132 valence electrons. The summed E-state index contributed by atoms with van der Waals surface area (Å²) in [5.74, 6) is -0.772. The lowest BCUT2D eigenvalue weighted by Gasteiger charge is -2.32. The third-order valence-electron chi connectivity index (χ3n) is 4.12. The molecule has 0 unspecified atom stereocenters. The molecular weight excluding hydrogens is 329 g/mol. The highest BCUT2D eigenvalue weighted by Gasteiger charge is 2.32. The lowest BCUT2D eigenvalue weighted by atomic mass is 10.1. The Morgan fingerprint density at radius 2 is 2.04 bits per heavy atom. The van der Waals surface area contributed by atoms with E-state index in [0.29, 0.717) is 30.1 Å². The molecule has 0 bridgehead atoms. The van der Waals surface area contributed by atoms with Crippen molar-refractivity contribution in [3.63, 3.8) is 0 Å². The van der Waals surface area contributed by atoms with E-state index >= 15 is 0 Å². The summed E-state index contributed by atoms with van der Waals surface area (Å²) in [7, 11) is 0. The van der Waals surface area contributed by atoms with Crippen molar-refractivity contribution in [2.45, 2.75) is 18.9 Å². The maximum Gasteiger partial charge on any atom is 0.328 e. The molecule has 1 saturated heterocycles. The zero-order valence-electron chi connectivity index (χ0n) is 13.5. The van der Waals surface area contributed by atoms with Crippen LogP contribution in [0.3, 0.4) is 0 Å². The Morgan fingerprint density at radius 3 is 2.80 bits per heavy atom. The minimum Gasteiger partial charge on any atom is -0.480 e. The Kier molecular flexibility index (Phi) is 5.14. The number of aryl methyl sites for hydroxylation is 1. The highest BCUT2D eigenvalue weighted by molar-refractivity contribution is 5.84. The molecule has 2 aromatic rings. The fraction of sp³-hybridized carbons (Fsp3) is 0.333. The predicted octanol–water partition coefficient (Wildman–Crippen LogP) is 2.33. The maximum absolute atomic E-state index is 13.8. The van der Waals surface area contributed by atoms with E-state index in [1.165, 1.54) is 11.0 Å². The number of amides is 1. The highest BCUT2D eigenvalue weighted by Crippen LogP contribution is 2.25. The molecule has 1 amide bonds. The van der Waals surface area contributed by atoms with E-state index in [1.54, 1.807) is 30.3 Å². The minimum absolute atomic E-state index is 0.000737. The zero-order valence-corrected chi connectivity index (χ0v) is 13.5. The molecule has 1 aliphatic rings. The van der Waals surface area contributed by atoms with Crippen LogP contribution in [-0.2, 0) is 20.7 Å². The van der Waals surface area contributed by atoms with Gasteiger partial charge in [-0.15, -0.1) is 0 Å². The topological polar surface area (TPSA) is 80.0 Å². The van der Waals surface area contributed by atoms with Gasteiger partial charge in [-0.3, -0.25) is 4.79 Å². The SMILES string of the molecule is O=C(O)[C@@H]1COCCN1C(=O)CCc1ccc(-c2ccccc2F)o1. The molecule has 1 fully saturated rings. The standard InChI is InChI=1S/C18H18FNO5/c19-14-4-2-1-3-13(14)16-7-5-12(25-16)6-8-17(21)20-9-10-24-11-15(20)18(22)23/h1-5,7,15H,6,8-11H2,(H,22,23)/t15-/m0/s1. The molecule has 1 aromatic heterocycles. The van der Waals surface area contributed by atoms with Gasteiger partial charge in [0.1, 0.15) is 17.3 Å². The number of aliphatic carboxylic acids is 1. The molecule has 1 N–H and O–H groups in total. The van der Waals surface area contributed by atoms with Crippen LogP contribution in [0.25, 0.3) is 11.3 Å². The number of hydrogen-bond acceptors (Lipinski definition) is 4. The number of furan rings is 1. The molecule has 3 rings (SSSR count). The van der Waals surface area contributed by atoms with E-state index in [0.717, 1.165) is 0 Å². The lowest BCUT2D eigenvalue weighted by Crippen LogP contribution is -2.52. The molecule has 7 heteroatoms. The second-order valence-electron chi connectivity index (χ2n) is 5.76. The number of halogens is 1. The van der Waals surface area contributed by atoms with Crippen molar-refractivity contribution in [3.8, 4) is 11.3 Å². The zero-order chi connectivity index (χ0) is 17.8. The molecule has 0 aliphatic carbocycles. The summed E-state index contributed by atoms with van der Waals surface area (Å²) in [5.41, 5.74) is 0.360. The van der Waals surface area contributed by atoms with Crippen LogP contribution in [0.4, 0.5) is 4.39 Å². The lowest BCUT2D eigenvalue weighted by molar-refractivity contribution is -0.158. The average molecular weight is 347 g/mol. The van der Waals surface area contributed by atoms with Crippen LogP contribution in [0.15, 0.2) is 40.8 Å². The second-order valence-corrected chi connectivity index (χ2v) is 5.76. The summed E-state index contributed by atoms with van der Waals surface area (Å²) in [5, 5.41) is 9.17. The first-order chi connectivity index (χ1) is 12.1. The first kappa shape index (κ1) is 17.2. The van der Waals surface area contributed by atoms with Crippen molar-refractivity contribution in [2.75, 3.05) is 19.8 Å². The monoisotopic (exact) mass is 347 g/mol. The van der Waals surface area contributed by atoms with Crippen LogP contribution >= 0.6 is 0 Å². The van der Waals surface area contributed by atoms with Gasteiger partial charge in [0.2, 0.25) is 5.91 Å². The number of rotatable bonds is 5. The molecule has 0 radical (unpaired) electrons. The minimum atomic E-state index is -1.08. The van der Waals surface area contributed by atoms with Crippen LogP contribution in [-0.4, -0.2) is 47.7 Å². The van der Waals surface area contributed by atoms with E-state index in [2.05, 4.69) is 0 Å². The van der Waals surface area contributed by atoms with Gasteiger partial charge in [-0.25, -0.2) is 9.18 Å². The van der Waals surface area contributed by atoms with Crippen LogP contribution < -0.4 is 0 Å². The third-order valence-corrected chi connectivity index (χ3v) is 4.12. The smallest absolute Gasteiger partial charge is 0.328 e. The van der Waals surface area contributed by atoms with Crippen molar-refractivity contribution in [2.24, 2.45) is 0 Å². The Morgan fingerprint density at radius 1 is 1.24 bits per heavy atom. The number of carbonyl (C=O) groups excluding carboxylic acids is 1. The number of carboxylic acid groups (broad SMARTS) is 1. The van der Waals surface area contributed by atoms with Crippen molar-refractivity contribution >= 4 is 11.9 Å². The van der Waals surface area contributed by atoms with Crippen molar-refractivity contribution < 1.29 is 28.2 Å². The van der Waals surface area contributed by atoms with Crippen LogP contribution in [0.2, 0.25) is 0 Å². The van der Waals surface area contributed by atoms with Gasteiger partial charge >= 0.3 is 5.97 Å². The van der Waals surface area contributed by atoms with Crippen molar-refractivity contribution in [3.05, 3.63) is 48.0 Å². The Bertz CT molecular complexity index is 772. The molecule has 2 heterocycles. The molecule has 1 aromatic carbocycles. The highest BCUT2D eigenvalue weighted by atomic mass is 19.1. The number of ether oxygens (including phenoxy) is 1. The fourth-order valence-corrected chi connectivity index (χ4v) is 2.80. The Hall–Kier alpha value is -2.67.